The lowest BCUT2D eigenvalue weighted by Crippen LogP contribution is -2.47. The Balaban J connectivity index is 1.56. The summed E-state index contributed by atoms with van der Waals surface area (Å²) in [4.78, 5) is 27.9. The first kappa shape index (κ1) is 24.6. The number of rotatable bonds is 6. The van der Waals surface area contributed by atoms with Crippen LogP contribution in [-0.2, 0) is 6.54 Å². The van der Waals surface area contributed by atoms with E-state index in [2.05, 4.69) is 10.4 Å². The number of aromatic nitrogens is 2. The molecule has 1 N–H and O–H groups in total. The Morgan fingerprint density at radius 2 is 1.97 bits per heavy atom. The second kappa shape index (κ2) is 9.61. The van der Waals surface area contributed by atoms with Crippen LogP contribution >= 0.6 is 0 Å². The molecular formula is C24H20F3N5O4. The van der Waals surface area contributed by atoms with Crippen LogP contribution in [0.1, 0.15) is 33.3 Å². The molecule has 186 valence electrons. The minimum atomic E-state index is -4.46. The van der Waals surface area contributed by atoms with E-state index in [0.717, 1.165) is 0 Å². The summed E-state index contributed by atoms with van der Waals surface area (Å²) >= 11 is 0. The van der Waals surface area contributed by atoms with Crippen LogP contribution in [0.2, 0.25) is 0 Å². The Morgan fingerprint density at radius 1 is 1.25 bits per heavy atom. The third kappa shape index (κ3) is 4.95. The molecule has 1 aromatic heterocycles. The molecule has 1 aliphatic rings. The summed E-state index contributed by atoms with van der Waals surface area (Å²) in [7, 11) is 1.43. The molecule has 9 nitrogen and oxygen atoms in total. The van der Waals surface area contributed by atoms with Gasteiger partial charge in [-0.3, -0.25) is 14.3 Å². The number of benzene rings is 2. The third-order valence-electron chi connectivity index (χ3n) is 5.48. The maximum absolute atomic E-state index is 13.4. The van der Waals surface area contributed by atoms with Gasteiger partial charge in [-0.15, -0.1) is 0 Å². The van der Waals surface area contributed by atoms with E-state index in [9.17, 15) is 28.0 Å². The predicted molar refractivity (Wildman–Crippen MR) is 122 cm³/mol. The van der Waals surface area contributed by atoms with Crippen molar-refractivity contribution in [2.45, 2.75) is 25.7 Å². The summed E-state index contributed by atoms with van der Waals surface area (Å²) < 4.78 is 48.5. The molecule has 1 aliphatic heterocycles. The number of carbonyl (C=O) groups excluding carboxylic acids is 2. The molecule has 12 heteroatoms. The van der Waals surface area contributed by atoms with Crippen LogP contribution in [0.5, 0.6) is 11.5 Å². The maximum atomic E-state index is 13.4. The van der Waals surface area contributed by atoms with Gasteiger partial charge < -0.3 is 19.7 Å². The molecule has 0 spiro atoms. The van der Waals surface area contributed by atoms with Crippen molar-refractivity contribution < 1.29 is 32.2 Å². The summed E-state index contributed by atoms with van der Waals surface area (Å²) in [6.45, 7) is 0.659. The Bertz CT molecular complexity index is 1350. The van der Waals surface area contributed by atoms with Crippen molar-refractivity contribution in [3.63, 3.8) is 0 Å². The van der Waals surface area contributed by atoms with Crippen LogP contribution in [0.15, 0.2) is 48.7 Å². The van der Waals surface area contributed by atoms with Gasteiger partial charge in [-0.05, 0) is 49.4 Å². The third-order valence-corrected chi connectivity index (χ3v) is 5.48. The monoisotopic (exact) mass is 499 g/mol. The first-order valence-corrected chi connectivity index (χ1v) is 10.7. The van der Waals surface area contributed by atoms with Crippen molar-refractivity contribution in [3.05, 3.63) is 65.5 Å². The van der Waals surface area contributed by atoms with E-state index < -0.39 is 24.6 Å². The number of nitrogens with one attached hydrogen (secondary N) is 1. The van der Waals surface area contributed by atoms with Crippen LogP contribution in [0.4, 0.5) is 24.5 Å². The quantitative estimate of drug-likeness (QED) is 0.549. The van der Waals surface area contributed by atoms with Crippen LogP contribution in [0, 0.1) is 11.3 Å². The number of hydrogen-bond donors (Lipinski definition) is 1. The van der Waals surface area contributed by atoms with Gasteiger partial charge in [-0.2, -0.15) is 23.5 Å². The molecule has 1 unspecified atom stereocenters. The lowest BCUT2D eigenvalue weighted by atomic mass is 10.1. The fourth-order valence-corrected chi connectivity index (χ4v) is 3.87. The molecule has 0 fully saturated rings. The van der Waals surface area contributed by atoms with Gasteiger partial charge in [0, 0.05) is 11.4 Å². The highest BCUT2D eigenvalue weighted by Gasteiger charge is 2.36. The van der Waals surface area contributed by atoms with Crippen LogP contribution in [-0.4, -0.2) is 47.5 Å². The van der Waals surface area contributed by atoms with Gasteiger partial charge in [0.15, 0.2) is 6.61 Å². The zero-order valence-electron chi connectivity index (χ0n) is 19.2. The van der Waals surface area contributed by atoms with Crippen molar-refractivity contribution in [1.82, 2.24) is 9.78 Å². The molecule has 2 amide bonds. The Morgan fingerprint density at radius 3 is 2.61 bits per heavy atom. The van der Waals surface area contributed by atoms with Gasteiger partial charge in [-0.1, -0.05) is 0 Å². The lowest BCUT2D eigenvalue weighted by molar-refractivity contribution is -0.153. The molecule has 0 saturated heterocycles. The van der Waals surface area contributed by atoms with E-state index in [4.69, 9.17) is 9.47 Å². The molecule has 0 aliphatic carbocycles. The van der Waals surface area contributed by atoms with Gasteiger partial charge in [0.1, 0.15) is 23.3 Å². The van der Waals surface area contributed by atoms with Crippen LogP contribution < -0.4 is 19.7 Å². The van der Waals surface area contributed by atoms with Crippen molar-refractivity contribution in [2.75, 3.05) is 23.9 Å². The number of anilines is 2. The number of ether oxygens (including phenoxy) is 2. The van der Waals surface area contributed by atoms with E-state index in [1.54, 1.807) is 13.0 Å². The second-order valence-corrected chi connectivity index (χ2v) is 7.99. The van der Waals surface area contributed by atoms with E-state index in [1.807, 2.05) is 6.07 Å². The average Bonchev–Trinajstić information content (AvgIpc) is 3.27. The highest BCUT2D eigenvalue weighted by molar-refractivity contribution is 6.15. The number of fused-ring (bicyclic) bond motifs is 1. The molecule has 2 heterocycles. The van der Waals surface area contributed by atoms with Gasteiger partial charge in [-0.25, -0.2) is 0 Å². The Hall–Kier alpha value is -4.53. The van der Waals surface area contributed by atoms with Crippen molar-refractivity contribution in [3.8, 4) is 17.6 Å². The molecule has 0 saturated carbocycles. The van der Waals surface area contributed by atoms with E-state index in [-0.39, 0.29) is 28.6 Å². The number of halogens is 3. The molecule has 0 radical (unpaired) electrons. The first-order valence-electron chi connectivity index (χ1n) is 10.7. The smallest absolute Gasteiger partial charge is 0.422 e. The minimum absolute atomic E-state index is 0.00882. The van der Waals surface area contributed by atoms with Gasteiger partial charge in [0.25, 0.3) is 11.8 Å². The summed E-state index contributed by atoms with van der Waals surface area (Å²) in [5.41, 5.74) is 1.10. The average molecular weight is 499 g/mol. The van der Waals surface area contributed by atoms with Gasteiger partial charge in [0.05, 0.1) is 37.0 Å². The molecule has 0 bridgehead atoms. The number of carbonyl (C=O) groups is 2. The lowest BCUT2D eigenvalue weighted by Gasteiger charge is -2.34. The minimum Gasteiger partial charge on any atom is -0.495 e. The normalized spacial score (nSPS) is 15.2. The number of amides is 2. The van der Waals surface area contributed by atoms with Gasteiger partial charge >= 0.3 is 6.18 Å². The molecular weight excluding hydrogens is 479 g/mol. The maximum Gasteiger partial charge on any atom is 0.422 e. The van der Waals surface area contributed by atoms with Gasteiger partial charge in [0.2, 0.25) is 0 Å². The van der Waals surface area contributed by atoms with Crippen molar-refractivity contribution >= 4 is 23.2 Å². The Labute approximate surface area is 203 Å². The number of hydrogen-bond acceptors (Lipinski definition) is 6. The summed E-state index contributed by atoms with van der Waals surface area (Å²) in [6, 6.07) is 11.8. The summed E-state index contributed by atoms with van der Waals surface area (Å²) in [5, 5.41) is 16.1. The van der Waals surface area contributed by atoms with Crippen molar-refractivity contribution in [2.24, 2.45) is 0 Å². The molecule has 3 aromatic rings. The van der Waals surface area contributed by atoms with Crippen LogP contribution in [0.25, 0.3) is 0 Å². The zero-order valence-corrected chi connectivity index (χ0v) is 19.2. The van der Waals surface area contributed by atoms with E-state index >= 15 is 0 Å². The number of nitrogens with zero attached hydrogens (tertiary/aromatic N) is 4. The fraction of sp³-hybridized carbons (Fsp3) is 0.250. The molecule has 4 rings (SSSR count). The number of alkyl halides is 3. The Kier molecular flexibility index (Phi) is 6.57. The fourth-order valence-electron chi connectivity index (χ4n) is 3.87. The topological polar surface area (TPSA) is 109 Å². The van der Waals surface area contributed by atoms with Crippen molar-refractivity contribution in [1.29, 1.82) is 5.26 Å². The standard InChI is InChI=1S/C24H20F3N5O4/c1-14-12-31-21(23(34)32(14)17-4-6-18(7-5-17)36-13-24(25,26)27)19(11-29-31)22(33)30-16-3-8-20(35-2)15(9-16)10-28/h3-9,11,14H,12-13H2,1-2H3,(H,30,33). The molecule has 36 heavy (non-hydrogen) atoms. The predicted octanol–water partition coefficient (Wildman–Crippen LogP) is 4.01. The summed E-state index contributed by atoms with van der Waals surface area (Å²) in [6.07, 6.45) is -3.17. The highest BCUT2D eigenvalue weighted by atomic mass is 19.4. The number of nitriles is 1. The zero-order chi connectivity index (χ0) is 26.0. The molecule has 1 atom stereocenters. The number of methoxy groups -OCH3 is 1. The largest absolute Gasteiger partial charge is 0.495 e. The van der Waals surface area contributed by atoms with Crippen LogP contribution in [0.3, 0.4) is 0 Å². The highest BCUT2D eigenvalue weighted by Crippen LogP contribution is 2.29. The molecule has 2 aromatic carbocycles. The van der Waals surface area contributed by atoms with E-state index in [0.29, 0.717) is 23.7 Å². The SMILES string of the molecule is COc1ccc(NC(=O)c2cnn3c2C(=O)N(c2ccc(OCC(F)(F)F)cc2)C(C)C3)cc1C#N. The van der Waals surface area contributed by atoms with E-state index in [1.165, 1.54) is 59.3 Å². The second-order valence-electron chi connectivity index (χ2n) is 7.99. The first-order chi connectivity index (χ1) is 17.1. The summed E-state index contributed by atoms with van der Waals surface area (Å²) in [5.74, 6) is -0.723.